The highest BCUT2D eigenvalue weighted by Crippen LogP contribution is 2.22. The summed E-state index contributed by atoms with van der Waals surface area (Å²) in [6, 6.07) is 1.81. The molecule has 0 unspecified atom stereocenters. The van der Waals surface area contributed by atoms with Gasteiger partial charge < -0.3 is 5.73 Å². The van der Waals surface area contributed by atoms with Crippen LogP contribution in [0.25, 0.3) is 0 Å². The second-order valence-corrected chi connectivity index (χ2v) is 2.80. The van der Waals surface area contributed by atoms with Crippen molar-refractivity contribution in [3.8, 4) is 6.07 Å². The number of nitrogen functional groups attached to an aromatic ring is 1. The number of nitrogens with two attached hydrogens (primary N) is 1. The number of hydrogen-bond acceptors (Lipinski definition) is 4. The summed E-state index contributed by atoms with van der Waals surface area (Å²) in [6.07, 6.45) is 0. The Morgan fingerprint density at radius 2 is 2.18 bits per heavy atom. The Hall–Kier alpha value is -0.860. The van der Waals surface area contributed by atoms with E-state index in [1.807, 2.05) is 6.07 Å². The molecule has 0 aliphatic heterocycles. The largest absolute Gasteiger partial charge is 0.368 e. The van der Waals surface area contributed by atoms with Crippen LogP contribution in [0.4, 0.5) is 5.95 Å². The molecule has 4 nitrogen and oxygen atoms in total. The van der Waals surface area contributed by atoms with Crippen molar-refractivity contribution in [1.29, 1.82) is 5.26 Å². The number of hydrogen-bond donors (Lipinski definition) is 1. The minimum Gasteiger partial charge on any atom is -0.368 e. The summed E-state index contributed by atoms with van der Waals surface area (Å²) < 4.78 is 0.371. The van der Waals surface area contributed by atoms with E-state index >= 15 is 0 Å². The topological polar surface area (TPSA) is 75.6 Å². The highest BCUT2D eigenvalue weighted by molar-refractivity contribution is 9.10. The van der Waals surface area contributed by atoms with Gasteiger partial charge in [-0.25, -0.2) is 9.97 Å². The van der Waals surface area contributed by atoms with Gasteiger partial charge in [-0.1, -0.05) is 11.6 Å². The Bertz CT molecular complexity index is 332. The fourth-order valence-electron chi connectivity index (χ4n) is 0.510. The normalized spacial score (nSPS) is 9.18. The molecule has 1 heterocycles. The summed E-state index contributed by atoms with van der Waals surface area (Å²) >= 11 is 8.61. The number of aromatic nitrogens is 2. The van der Waals surface area contributed by atoms with Crippen LogP contribution in [0, 0.1) is 11.3 Å². The minimum atomic E-state index is -0.00486. The third-order valence-electron chi connectivity index (χ3n) is 0.934. The van der Waals surface area contributed by atoms with Crippen molar-refractivity contribution in [2.45, 2.75) is 0 Å². The first-order chi connectivity index (χ1) is 5.15. The van der Waals surface area contributed by atoms with E-state index in [0.717, 1.165) is 0 Å². The summed E-state index contributed by atoms with van der Waals surface area (Å²) in [5, 5.41) is 8.63. The summed E-state index contributed by atoms with van der Waals surface area (Å²) in [6.45, 7) is 0. The zero-order valence-corrected chi connectivity index (χ0v) is 7.52. The van der Waals surface area contributed by atoms with Crippen molar-refractivity contribution in [3.63, 3.8) is 0 Å². The summed E-state index contributed by atoms with van der Waals surface area (Å²) in [7, 11) is 0. The molecule has 1 aromatic rings. The lowest BCUT2D eigenvalue weighted by Gasteiger charge is -1.97. The van der Waals surface area contributed by atoms with E-state index in [0.29, 0.717) is 4.47 Å². The molecule has 11 heavy (non-hydrogen) atoms. The molecule has 0 spiro atoms. The molecule has 56 valence electrons. The van der Waals surface area contributed by atoms with Gasteiger partial charge in [0.1, 0.15) is 11.2 Å². The quantitative estimate of drug-likeness (QED) is 0.686. The molecule has 0 radical (unpaired) electrons. The van der Waals surface area contributed by atoms with Gasteiger partial charge in [0.05, 0.1) is 4.47 Å². The number of nitrogens with zero attached hydrogens (tertiary/aromatic N) is 3. The SMILES string of the molecule is N#Cc1nc(N)nc(Cl)c1Br. The first kappa shape index (κ1) is 8.24. The zero-order valence-electron chi connectivity index (χ0n) is 5.17. The van der Waals surface area contributed by atoms with Crippen LogP contribution in [0.15, 0.2) is 4.47 Å². The van der Waals surface area contributed by atoms with Crippen LogP contribution < -0.4 is 5.73 Å². The average Bonchev–Trinajstić information content (AvgIpc) is 1.96. The Balaban J connectivity index is 3.39. The van der Waals surface area contributed by atoms with Crippen molar-refractivity contribution in [1.82, 2.24) is 9.97 Å². The number of nitriles is 1. The predicted octanol–water partition coefficient (Wildman–Crippen LogP) is 1.35. The van der Waals surface area contributed by atoms with E-state index in [4.69, 9.17) is 22.6 Å². The molecule has 0 bridgehead atoms. The van der Waals surface area contributed by atoms with Crippen LogP contribution in [0.1, 0.15) is 5.69 Å². The lowest BCUT2D eigenvalue weighted by Crippen LogP contribution is -1.98. The van der Waals surface area contributed by atoms with E-state index in [9.17, 15) is 0 Å². The molecule has 6 heteroatoms. The van der Waals surface area contributed by atoms with Gasteiger partial charge in [0.25, 0.3) is 0 Å². The lowest BCUT2D eigenvalue weighted by atomic mass is 10.4. The molecule has 0 saturated heterocycles. The Kier molecular flexibility index (Phi) is 2.27. The van der Waals surface area contributed by atoms with Gasteiger partial charge in [0.15, 0.2) is 5.69 Å². The highest BCUT2D eigenvalue weighted by atomic mass is 79.9. The molecule has 1 aromatic heterocycles. The van der Waals surface area contributed by atoms with Crippen molar-refractivity contribution in [2.75, 3.05) is 5.73 Å². The molecule has 0 amide bonds. The van der Waals surface area contributed by atoms with Crippen LogP contribution >= 0.6 is 27.5 Å². The number of rotatable bonds is 0. The maximum atomic E-state index is 8.48. The summed E-state index contributed by atoms with van der Waals surface area (Å²) in [5.74, 6) is -0.00486. The van der Waals surface area contributed by atoms with Crippen molar-refractivity contribution in [2.24, 2.45) is 0 Å². The number of halogens is 2. The average molecular weight is 233 g/mol. The Morgan fingerprint density at radius 1 is 1.55 bits per heavy atom. The van der Waals surface area contributed by atoms with Crippen molar-refractivity contribution >= 4 is 33.5 Å². The second kappa shape index (κ2) is 3.03. The molecule has 0 aliphatic rings. The molecular formula is C5H2BrClN4. The molecule has 0 fully saturated rings. The van der Waals surface area contributed by atoms with E-state index in [1.54, 1.807) is 0 Å². The molecular weight excluding hydrogens is 231 g/mol. The number of anilines is 1. The van der Waals surface area contributed by atoms with Gasteiger partial charge in [-0.05, 0) is 15.9 Å². The van der Waals surface area contributed by atoms with Crippen LogP contribution in [-0.2, 0) is 0 Å². The Labute approximate surface area is 76.1 Å². The van der Waals surface area contributed by atoms with Gasteiger partial charge in [0.2, 0.25) is 5.95 Å². The molecule has 2 N–H and O–H groups in total. The van der Waals surface area contributed by atoms with Gasteiger partial charge in [0, 0.05) is 0 Å². The third-order valence-corrected chi connectivity index (χ3v) is 2.19. The van der Waals surface area contributed by atoms with Crippen LogP contribution in [0.2, 0.25) is 5.15 Å². The van der Waals surface area contributed by atoms with Gasteiger partial charge in [-0.2, -0.15) is 5.26 Å². The van der Waals surface area contributed by atoms with Crippen molar-refractivity contribution in [3.05, 3.63) is 15.3 Å². The summed E-state index contributed by atoms with van der Waals surface area (Å²) in [4.78, 5) is 7.24. The smallest absolute Gasteiger partial charge is 0.222 e. The highest BCUT2D eigenvalue weighted by Gasteiger charge is 2.07. The maximum Gasteiger partial charge on any atom is 0.222 e. The zero-order chi connectivity index (χ0) is 8.43. The Morgan fingerprint density at radius 3 is 2.73 bits per heavy atom. The lowest BCUT2D eigenvalue weighted by molar-refractivity contribution is 1.14. The summed E-state index contributed by atoms with van der Waals surface area (Å²) in [5.41, 5.74) is 5.37. The van der Waals surface area contributed by atoms with Gasteiger partial charge in [-0.15, -0.1) is 0 Å². The molecule has 0 saturated carbocycles. The standard InChI is InChI=1S/C5H2BrClN4/c6-3-2(1-8)10-5(9)11-4(3)7/h(H2,9,10,11). The van der Waals surface area contributed by atoms with Crippen LogP contribution in [-0.4, -0.2) is 9.97 Å². The van der Waals surface area contributed by atoms with E-state index in [1.165, 1.54) is 0 Å². The van der Waals surface area contributed by atoms with E-state index in [2.05, 4.69) is 25.9 Å². The molecule has 0 aliphatic carbocycles. The molecule has 1 rings (SSSR count). The predicted molar refractivity (Wildman–Crippen MR) is 43.9 cm³/mol. The molecule has 0 atom stereocenters. The first-order valence-corrected chi connectivity index (χ1v) is 3.71. The minimum absolute atomic E-state index is 0.00486. The monoisotopic (exact) mass is 232 g/mol. The van der Waals surface area contributed by atoms with Gasteiger partial charge in [-0.3, -0.25) is 0 Å². The maximum absolute atomic E-state index is 8.48. The van der Waals surface area contributed by atoms with Gasteiger partial charge >= 0.3 is 0 Å². The second-order valence-electron chi connectivity index (χ2n) is 1.65. The van der Waals surface area contributed by atoms with Crippen molar-refractivity contribution < 1.29 is 0 Å². The van der Waals surface area contributed by atoms with E-state index < -0.39 is 0 Å². The third kappa shape index (κ3) is 1.59. The van der Waals surface area contributed by atoms with E-state index in [-0.39, 0.29) is 16.8 Å². The molecule has 0 aromatic carbocycles. The first-order valence-electron chi connectivity index (χ1n) is 2.53. The fourth-order valence-corrected chi connectivity index (χ4v) is 0.952. The van der Waals surface area contributed by atoms with Crippen LogP contribution in [0.5, 0.6) is 0 Å². The van der Waals surface area contributed by atoms with Crippen LogP contribution in [0.3, 0.4) is 0 Å². The fraction of sp³-hybridized carbons (Fsp3) is 0.